The minimum Gasteiger partial charge on any atom is -0.483 e. The van der Waals surface area contributed by atoms with Crippen molar-refractivity contribution in [3.05, 3.63) is 102 Å². The number of nitrogens with one attached hydrogen (secondary N) is 1. The normalized spacial score (nSPS) is 10.8. The summed E-state index contributed by atoms with van der Waals surface area (Å²) in [7, 11) is 0. The summed E-state index contributed by atoms with van der Waals surface area (Å²) < 4.78 is 16.4. The lowest BCUT2D eigenvalue weighted by Crippen LogP contribution is -2.24. The van der Waals surface area contributed by atoms with Gasteiger partial charge in [0.05, 0.1) is 18.4 Å². The second-order valence-corrected chi connectivity index (χ2v) is 7.44. The molecule has 4 rings (SSSR count). The first-order valence-electron chi connectivity index (χ1n) is 11.1. The second kappa shape index (κ2) is 11.5. The average molecular weight is 469 g/mol. The molecule has 0 saturated heterocycles. The van der Waals surface area contributed by atoms with Crippen molar-refractivity contribution in [2.75, 3.05) is 13.2 Å². The molecule has 0 atom stereocenters. The molecule has 1 heterocycles. The van der Waals surface area contributed by atoms with Gasteiger partial charge in [-0.15, -0.1) is 0 Å². The number of esters is 1. The van der Waals surface area contributed by atoms with Crippen molar-refractivity contribution in [1.29, 1.82) is 0 Å². The van der Waals surface area contributed by atoms with Crippen molar-refractivity contribution in [3.8, 4) is 28.2 Å². The highest BCUT2D eigenvalue weighted by Gasteiger charge is 2.10. The largest absolute Gasteiger partial charge is 0.483 e. The van der Waals surface area contributed by atoms with Gasteiger partial charge in [0, 0.05) is 11.1 Å². The Morgan fingerprint density at radius 1 is 0.886 bits per heavy atom. The van der Waals surface area contributed by atoms with Crippen molar-refractivity contribution in [1.82, 2.24) is 5.43 Å². The van der Waals surface area contributed by atoms with E-state index in [2.05, 4.69) is 10.5 Å². The summed E-state index contributed by atoms with van der Waals surface area (Å²) in [4.78, 5) is 24.0. The quantitative estimate of drug-likeness (QED) is 0.204. The minimum atomic E-state index is -0.398. The van der Waals surface area contributed by atoms with E-state index in [4.69, 9.17) is 13.9 Å². The standard InChI is InChI=1S/C28H24N2O5/c1-2-33-28(32)22-14-12-21(13-15-22)25-17-16-23(35-25)18-29-30-27(31)19-34-26-11-7-6-10-24(26)20-8-4-3-5-9-20/h3-18H,2,19H2,1H3,(H,30,31)/b29-18+. The zero-order valence-corrected chi connectivity index (χ0v) is 19.1. The molecular weight excluding hydrogens is 444 g/mol. The van der Waals surface area contributed by atoms with E-state index in [-0.39, 0.29) is 12.6 Å². The fourth-order valence-electron chi connectivity index (χ4n) is 3.35. The smallest absolute Gasteiger partial charge is 0.338 e. The van der Waals surface area contributed by atoms with Gasteiger partial charge in [0.1, 0.15) is 17.3 Å². The van der Waals surface area contributed by atoms with Gasteiger partial charge < -0.3 is 13.9 Å². The van der Waals surface area contributed by atoms with Crippen molar-refractivity contribution < 1.29 is 23.5 Å². The van der Waals surface area contributed by atoms with Gasteiger partial charge in [-0.3, -0.25) is 4.79 Å². The van der Waals surface area contributed by atoms with Crippen LogP contribution in [0.25, 0.3) is 22.5 Å². The first kappa shape index (κ1) is 23.5. The number of nitrogens with zero attached hydrogens (tertiary/aromatic N) is 1. The fraction of sp³-hybridized carbons (Fsp3) is 0.107. The van der Waals surface area contributed by atoms with E-state index in [0.717, 1.165) is 16.7 Å². The maximum Gasteiger partial charge on any atom is 0.338 e. The summed E-state index contributed by atoms with van der Waals surface area (Å²) in [5, 5.41) is 3.94. The third-order valence-electron chi connectivity index (χ3n) is 5.02. The molecule has 176 valence electrons. The lowest BCUT2D eigenvalue weighted by Gasteiger charge is -2.10. The van der Waals surface area contributed by atoms with E-state index in [1.807, 2.05) is 54.6 Å². The predicted octanol–water partition coefficient (Wildman–Crippen LogP) is 5.32. The van der Waals surface area contributed by atoms with Crippen LogP contribution in [0.5, 0.6) is 5.75 Å². The molecule has 7 heteroatoms. The van der Waals surface area contributed by atoms with Gasteiger partial charge in [-0.25, -0.2) is 10.2 Å². The number of hydrogen-bond acceptors (Lipinski definition) is 6. The Morgan fingerprint density at radius 3 is 2.40 bits per heavy atom. The maximum atomic E-state index is 12.2. The molecule has 1 amide bonds. The highest BCUT2D eigenvalue weighted by molar-refractivity contribution is 5.90. The number of ether oxygens (including phenoxy) is 2. The molecule has 0 bridgehead atoms. The van der Waals surface area contributed by atoms with Gasteiger partial charge >= 0.3 is 5.97 Å². The van der Waals surface area contributed by atoms with Gasteiger partial charge in [0.15, 0.2) is 6.61 Å². The summed E-state index contributed by atoms with van der Waals surface area (Å²) in [6, 6.07) is 27.8. The van der Waals surface area contributed by atoms with E-state index in [1.165, 1.54) is 6.21 Å². The van der Waals surface area contributed by atoms with Crippen LogP contribution in [0, 0.1) is 0 Å². The van der Waals surface area contributed by atoms with Crippen LogP contribution in [0.15, 0.2) is 101 Å². The monoisotopic (exact) mass is 468 g/mol. The number of para-hydroxylation sites is 1. The van der Waals surface area contributed by atoms with Crippen LogP contribution in [-0.4, -0.2) is 31.3 Å². The number of rotatable bonds is 9. The number of amides is 1. The Labute approximate surface area is 203 Å². The van der Waals surface area contributed by atoms with E-state index >= 15 is 0 Å². The topological polar surface area (TPSA) is 90.1 Å². The highest BCUT2D eigenvalue weighted by atomic mass is 16.5. The van der Waals surface area contributed by atoms with Gasteiger partial charge in [0.2, 0.25) is 0 Å². The predicted molar refractivity (Wildman–Crippen MR) is 133 cm³/mol. The Kier molecular flexibility index (Phi) is 7.70. The minimum absolute atomic E-state index is 0.183. The molecule has 0 fully saturated rings. The van der Waals surface area contributed by atoms with E-state index in [9.17, 15) is 9.59 Å². The van der Waals surface area contributed by atoms with Crippen molar-refractivity contribution in [2.45, 2.75) is 6.92 Å². The number of carbonyl (C=O) groups is 2. The number of carbonyl (C=O) groups excluding carboxylic acids is 2. The summed E-state index contributed by atoms with van der Waals surface area (Å²) in [5.74, 6) is 0.918. The van der Waals surface area contributed by atoms with Crippen molar-refractivity contribution in [2.24, 2.45) is 5.10 Å². The Morgan fingerprint density at radius 2 is 1.63 bits per heavy atom. The second-order valence-electron chi connectivity index (χ2n) is 7.44. The van der Waals surface area contributed by atoms with Gasteiger partial charge in [-0.2, -0.15) is 5.10 Å². The Balaban J connectivity index is 1.31. The zero-order valence-electron chi connectivity index (χ0n) is 19.1. The Hall–Kier alpha value is -4.65. The number of furan rings is 1. The van der Waals surface area contributed by atoms with Crippen LogP contribution >= 0.6 is 0 Å². The molecule has 35 heavy (non-hydrogen) atoms. The molecule has 0 aliphatic carbocycles. The summed E-state index contributed by atoms with van der Waals surface area (Å²) in [5.41, 5.74) is 5.62. The molecule has 0 saturated carbocycles. The fourth-order valence-corrected chi connectivity index (χ4v) is 3.35. The lowest BCUT2D eigenvalue weighted by molar-refractivity contribution is -0.123. The SMILES string of the molecule is CCOC(=O)c1ccc(-c2ccc(/C=N/NC(=O)COc3ccccc3-c3ccccc3)o2)cc1. The third kappa shape index (κ3) is 6.23. The molecule has 0 aliphatic heterocycles. The molecule has 0 aliphatic rings. The molecule has 7 nitrogen and oxygen atoms in total. The summed E-state index contributed by atoms with van der Waals surface area (Å²) >= 11 is 0. The average Bonchev–Trinajstić information content (AvgIpc) is 3.37. The molecule has 0 spiro atoms. The number of hydrazone groups is 1. The van der Waals surface area contributed by atoms with E-state index in [1.54, 1.807) is 43.3 Å². The highest BCUT2D eigenvalue weighted by Crippen LogP contribution is 2.29. The molecule has 0 radical (unpaired) electrons. The molecule has 1 N–H and O–H groups in total. The lowest BCUT2D eigenvalue weighted by atomic mass is 10.1. The summed E-state index contributed by atoms with van der Waals surface area (Å²) in [6.45, 7) is 1.90. The van der Waals surface area contributed by atoms with Crippen molar-refractivity contribution in [3.63, 3.8) is 0 Å². The van der Waals surface area contributed by atoms with E-state index in [0.29, 0.717) is 29.4 Å². The van der Waals surface area contributed by atoms with Crippen LogP contribution < -0.4 is 10.2 Å². The van der Waals surface area contributed by atoms with Crippen LogP contribution in [0.3, 0.4) is 0 Å². The molecule has 1 aromatic heterocycles. The van der Waals surface area contributed by atoms with Crippen LogP contribution in [0.1, 0.15) is 23.0 Å². The Bertz CT molecular complexity index is 1310. The van der Waals surface area contributed by atoms with Gasteiger partial charge in [0.25, 0.3) is 5.91 Å². The first-order valence-corrected chi connectivity index (χ1v) is 11.1. The van der Waals surface area contributed by atoms with Crippen LogP contribution in [0.2, 0.25) is 0 Å². The molecule has 4 aromatic rings. The van der Waals surface area contributed by atoms with Gasteiger partial charge in [-0.1, -0.05) is 60.7 Å². The van der Waals surface area contributed by atoms with Gasteiger partial charge in [-0.05, 0) is 42.8 Å². The first-order chi connectivity index (χ1) is 17.1. The molecule has 3 aromatic carbocycles. The van der Waals surface area contributed by atoms with E-state index < -0.39 is 5.91 Å². The zero-order chi connectivity index (χ0) is 24.5. The maximum absolute atomic E-state index is 12.2. The third-order valence-corrected chi connectivity index (χ3v) is 5.02. The summed E-state index contributed by atoms with van der Waals surface area (Å²) in [6.07, 6.45) is 1.41. The van der Waals surface area contributed by atoms with Crippen LogP contribution in [-0.2, 0) is 9.53 Å². The van der Waals surface area contributed by atoms with Crippen LogP contribution in [0.4, 0.5) is 0 Å². The molecular formula is C28H24N2O5. The number of benzene rings is 3. The van der Waals surface area contributed by atoms with Crippen molar-refractivity contribution >= 4 is 18.1 Å². The molecule has 0 unspecified atom stereocenters. The number of hydrogen-bond donors (Lipinski definition) is 1.